The second-order valence-corrected chi connectivity index (χ2v) is 5.35. The molecule has 2 N–H and O–H groups in total. The van der Waals surface area contributed by atoms with Gasteiger partial charge in [-0.1, -0.05) is 38.4 Å². The van der Waals surface area contributed by atoms with Crippen molar-refractivity contribution in [2.45, 2.75) is 32.6 Å². The van der Waals surface area contributed by atoms with Crippen LogP contribution >= 0.6 is 11.6 Å². The van der Waals surface area contributed by atoms with Crippen molar-refractivity contribution in [1.29, 1.82) is 0 Å². The number of rotatable bonds is 3. The molecule has 2 nitrogen and oxygen atoms in total. The van der Waals surface area contributed by atoms with Crippen molar-refractivity contribution in [3.05, 3.63) is 28.3 Å². The predicted octanol–water partition coefficient (Wildman–Crippen LogP) is 3.15. The Morgan fingerprint density at radius 2 is 1.94 bits per heavy atom. The standard InChI is InChI=1S/C13H20ClNO/c1-13(2,3)10-7-9(5-6-15)12(16-4)11(14)8-10/h7-8H,5-6,15H2,1-4H3. The fourth-order valence-corrected chi connectivity index (χ4v) is 1.97. The third kappa shape index (κ3) is 2.89. The van der Waals surface area contributed by atoms with Gasteiger partial charge in [0.1, 0.15) is 5.75 Å². The Morgan fingerprint density at radius 1 is 1.31 bits per heavy atom. The fraction of sp³-hybridized carbons (Fsp3) is 0.538. The second-order valence-electron chi connectivity index (χ2n) is 4.94. The lowest BCUT2D eigenvalue weighted by Crippen LogP contribution is -2.13. The van der Waals surface area contributed by atoms with E-state index >= 15 is 0 Å². The summed E-state index contributed by atoms with van der Waals surface area (Å²) in [7, 11) is 1.64. The van der Waals surface area contributed by atoms with Crippen molar-refractivity contribution in [2.24, 2.45) is 5.73 Å². The minimum Gasteiger partial charge on any atom is -0.495 e. The highest BCUT2D eigenvalue weighted by molar-refractivity contribution is 6.32. The Bertz CT molecular complexity index is 369. The maximum atomic E-state index is 6.21. The van der Waals surface area contributed by atoms with E-state index in [1.807, 2.05) is 6.07 Å². The molecule has 0 heterocycles. The molecule has 0 atom stereocenters. The van der Waals surface area contributed by atoms with Crippen molar-refractivity contribution in [3.63, 3.8) is 0 Å². The van der Waals surface area contributed by atoms with Crippen LogP contribution < -0.4 is 10.5 Å². The molecule has 0 aromatic heterocycles. The molecule has 0 aliphatic heterocycles. The van der Waals surface area contributed by atoms with Crippen molar-refractivity contribution in [2.75, 3.05) is 13.7 Å². The highest BCUT2D eigenvalue weighted by Crippen LogP contribution is 2.34. The van der Waals surface area contributed by atoms with Gasteiger partial charge in [-0.3, -0.25) is 0 Å². The van der Waals surface area contributed by atoms with E-state index in [-0.39, 0.29) is 5.41 Å². The first-order valence-electron chi connectivity index (χ1n) is 5.47. The monoisotopic (exact) mass is 241 g/mol. The van der Waals surface area contributed by atoms with Gasteiger partial charge in [-0.05, 0) is 35.6 Å². The average Bonchev–Trinajstić information content (AvgIpc) is 2.16. The van der Waals surface area contributed by atoms with Crippen LogP contribution in [0.25, 0.3) is 0 Å². The van der Waals surface area contributed by atoms with E-state index in [4.69, 9.17) is 22.1 Å². The Balaban J connectivity index is 3.28. The molecule has 0 fully saturated rings. The molecule has 0 aliphatic carbocycles. The minimum atomic E-state index is 0.0826. The number of ether oxygens (including phenoxy) is 1. The topological polar surface area (TPSA) is 35.2 Å². The zero-order chi connectivity index (χ0) is 12.3. The van der Waals surface area contributed by atoms with Gasteiger partial charge in [0.05, 0.1) is 12.1 Å². The first-order valence-corrected chi connectivity index (χ1v) is 5.85. The Hall–Kier alpha value is -0.730. The first-order chi connectivity index (χ1) is 7.40. The lowest BCUT2D eigenvalue weighted by atomic mass is 9.85. The third-order valence-corrected chi connectivity index (χ3v) is 2.89. The summed E-state index contributed by atoms with van der Waals surface area (Å²) in [5, 5.41) is 0.665. The summed E-state index contributed by atoms with van der Waals surface area (Å²) in [5.74, 6) is 0.750. The number of hydrogen-bond donors (Lipinski definition) is 1. The lowest BCUT2D eigenvalue weighted by Gasteiger charge is -2.22. The Kier molecular flexibility index (Phi) is 4.22. The summed E-state index contributed by atoms with van der Waals surface area (Å²) < 4.78 is 5.31. The van der Waals surface area contributed by atoms with Crippen LogP contribution in [0, 0.1) is 0 Å². The summed E-state index contributed by atoms with van der Waals surface area (Å²) in [4.78, 5) is 0. The smallest absolute Gasteiger partial charge is 0.140 e. The van der Waals surface area contributed by atoms with Crippen LogP contribution in [0.2, 0.25) is 5.02 Å². The van der Waals surface area contributed by atoms with E-state index in [0.717, 1.165) is 17.7 Å². The fourth-order valence-electron chi connectivity index (χ4n) is 1.65. The van der Waals surface area contributed by atoms with Crippen LogP contribution in [-0.4, -0.2) is 13.7 Å². The average molecular weight is 242 g/mol. The SMILES string of the molecule is COc1c(Cl)cc(C(C)(C)C)cc1CCN. The summed E-state index contributed by atoms with van der Waals surface area (Å²) in [6.45, 7) is 7.09. The van der Waals surface area contributed by atoms with Crippen LogP contribution in [0.3, 0.4) is 0 Å². The van der Waals surface area contributed by atoms with Gasteiger partial charge in [0.25, 0.3) is 0 Å². The zero-order valence-corrected chi connectivity index (χ0v) is 11.2. The van der Waals surface area contributed by atoms with E-state index in [1.165, 1.54) is 5.56 Å². The molecule has 0 saturated heterocycles. The number of nitrogens with two attached hydrogens (primary N) is 1. The highest BCUT2D eigenvalue weighted by Gasteiger charge is 2.18. The third-order valence-electron chi connectivity index (χ3n) is 2.60. The molecular formula is C13H20ClNO. The molecule has 0 saturated carbocycles. The van der Waals surface area contributed by atoms with Crippen LogP contribution in [-0.2, 0) is 11.8 Å². The van der Waals surface area contributed by atoms with E-state index in [2.05, 4.69) is 26.8 Å². The van der Waals surface area contributed by atoms with Crippen LogP contribution in [0.15, 0.2) is 12.1 Å². The molecule has 0 spiro atoms. The highest BCUT2D eigenvalue weighted by atomic mass is 35.5. The first kappa shape index (κ1) is 13.3. The summed E-state index contributed by atoms with van der Waals surface area (Å²) in [6, 6.07) is 4.11. The van der Waals surface area contributed by atoms with Crippen LogP contribution in [0.4, 0.5) is 0 Å². The normalized spacial score (nSPS) is 11.6. The summed E-state index contributed by atoms with van der Waals surface area (Å²) >= 11 is 6.21. The molecular weight excluding hydrogens is 222 g/mol. The molecule has 1 rings (SSSR count). The van der Waals surface area contributed by atoms with E-state index in [1.54, 1.807) is 7.11 Å². The Labute approximate surface area is 103 Å². The van der Waals surface area contributed by atoms with E-state index < -0.39 is 0 Å². The van der Waals surface area contributed by atoms with Crippen LogP contribution in [0.1, 0.15) is 31.9 Å². The molecule has 0 bridgehead atoms. The molecule has 3 heteroatoms. The maximum Gasteiger partial charge on any atom is 0.140 e. The summed E-state index contributed by atoms with van der Waals surface area (Å²) in [5.41, 5.74) is 7.97. The van der Waals surface area contributed by atoms with Gasteiger partial charge >= 0.3 is 0 Å². The number of benzene rings is 1. The molecule has 0 radical (unpaired) electrons. The van der Waals surface area contributed by atoms with Gasteiger partial charge in [0.15, 0.2) is 0 Å². The van der Waals surface area contributed by atoms with E-state index in [9.17, 15) is 0 Å². The molecule has 0 unspecified atom stereocenters. The largest absolute Gasteiger partial charge is 0.495 e. The van der Waals surface area contributed by atoms with Gasteiger partial charge in [0.2, 0.25) is 0 Å². The van der Waals surface area contributed by atoms with Gasteiger partial charge in [-0.2, -0.15) is 0 Å². The van der Waals surface area contributed by atoms with E-state index in [0.29, 0.717) is 11.6 Å². The van der Waals surface area contributed by atoms with Crippen molar-refractivity contribution in [3.8, 4) is 5.75 Å². The minimum absolute atomic E-state index is 0.0826. The second kappa shape index (κ2) is 5.07. The van der Waals surface area contributed by atoms with Crippen molar-refractivity contribution in [1.82, 2.24) is 0 Å². The van der Waals surface area contributed by atoms with Gasteiger partial charge in [0, 0.05) is 0 Å². The van der Waals surface area contributed by atoms with Gasteiger partial charge < -0.3 is 10.5 Å². The molecule has 0 aliphatic rings. The number of hydrogen-bond acceptors (Lipinski definition) is 2. The number of halogens is 1. The molecule has 1 aromatic carbocycles. The van der Waals surface area contributed by atoms with Gasteiger partial charge in [-0.15, -0.1) is 0 Å². The zero-order valence-electron chi connectivity index (χ0n) is 10.4. The molecule has 0 amide bonds. The van der Waals surface area contributed by atoms with Crippen LogP contribution in [0.5, 0.6) is 5.75 Å². The molecule has 1 aromatic rings. The Morgan fingerprint density at radius 3 is 2.38 bits per heavy atom. The number of methoxy groups -OCH3 is 1. The molecule has 16 heavy (non-hydrogen) atoms. The van der Waals surface area contributed by atoms with Gasteiger partial charge in [-0.25, -0.2) is 0 Å². The van der Waals surface area contributed by atoms with Crippen molar-refractivity contribution < 1.29 is 4.74 Å². The quantitative estimate of drug-likeness (QED) is 0.883. The lowest BCUT2D eigenvalue weighted by molar-refractivity contribution is 0.409. The molecule has 90 valence electrons. The van der Waals surface area contributed by atoms with Crippen molar-refractivity contribution >= 4 is 11.6 Å². The maximum absolute atomic E-state index is 6.21. The summed E-state index contributed by atoms with van der Waals surface area (Å²) in [6.07, 6.45) is 0.785. The predicted molar refractivity (Wildman–Crippen MR) is 69.5 cm³/mol.